The highest BCUT2D eigenvalue weighted by molar-refractivity contribution is 6.03. The summed E-state index contributed by atoms with van der Waals surface area (Å²) in [5.74, 6) is 0.954. The number of rotatable bonds is 3. The Morgan fingerprint density at radius 1 is 1.38 bits per heavy atom. The standard InChI is InChI=1S/C14H16O2/c1-3-4-9-16-13-8-5-10(2)11-6-7-12(15)14(11)13/h3-5,8H,6-7,9H2,1-2H3. The van der Waals surface area contributed by atoms with Crippen LogP contribution in [0.25, 0.3) is 0 Å². The first-order chi connectivity index (χ1) is 7.74. The molecule has 1 aromatic rings. The van der Waals surface area contributed by atoms with Gasteiger partial charge in [0.25, 0.3) is 0 Å². The van der Waals surface area contributed by atoms with Gasteiger partial charge in [0, 0.05) is 6.42 Å². The maximum atomic E-state index is 11.8. The van der Waals surface area contributed by atoms with E-state index in [0.717, 1.165) is 17.7 Å². The van der Waals surface area contributed by atoms with Crippen LogP contribution in [0.15, 0.2) is 24.3 Å². The van der Waals surface area contributed by atoms with Crippen LogP contribution in [-0.2, 0) is 6.42 Å². The molecule has 0 amide bonds. The van der Waals surface area contributed by atoms with E-state index in [-0.39, 0.29) is 5.78 Å². The highest BCUT2D eigenvalue weighted by Gasteiger charge is 2.25. The molecule has 0 aromatic heterocycles. The van der Waals surface area contributed by atoms with Crippen molar-refractivity contribution in [3.05, 3.63) is 41.0 Å². The lowest BCUT2D eigenvalue weighted by Gasteiger charge is -2.10. The molecule has 2 heteroatoms. The van der Waals surface area contributed by atoms with Crippen LogP contribution in [0.2, 0.25) is 0 Å². The fourth-order valence-corrected chi connectivity index (χ4v) is 2.08. The second-order valence-corrected chi connectivity index (χ2v) is 4.04. The Balaban J connectivity index is 2.33. The molecule has 0 heterocycles. The number of fused-ring (bicyclic) bond motifs is 1. The summed E-state index contributed by atoms with van der Waals surface area (Å²) in [4.78, 5) is 11.8. The summed E-state index contributed by atoms with van der Waals surface area (Å²) < 4.78 is 5.61. The Morgan fingerprint density at radius 2 is 2.19 bits per heavy atom. The monoisotopic (exact) mass is 216 g/mol. The van der Waals surface area contributed by atoms with E-state index < -0.39 is 0 Å². The molecule has 0 N–H and O–H groups in total. The minimum Gasteiger partial charge on any atom is -0.489 e. The van der Waals surface area contributed by atoms with Gasteiger partial charge in [-0.25, -0.2) is 0 Å². The lowest BCUT2D eigenvalue weighted by Crippen LogP contribution is -2.01. The van der Waals surface area contributed by atoms with Crippen molar-refractivity contribution in [1.29, 1.82) is 0 Å². The lowest BCUT2D eigenvalue weighted by molar-refractivity contribution is 0.0991. The molecule has 1 aromatic carbocycles. The Morgan fingerprint density at radius 3 is 2.94 bits per heavy atom. The zero-order chi connectivity index (χ0) is 11.5. The van der Waals surface area contributed by atoms with E-state index in [9.17, 15) is 4.79 Å². The van der Waals surface area contributed by atoms with Crippen molar-refractivity contribution in [2.75, 3.05) is 6.61 Å². The molecule has 2 nitrogen and oxygen atoms in total. The highest BCUT2D eigenvalue weighted by Crippen LogP contribution is 2.32. The number of carbonyl (C=O) groups excluding carboxylic acids is 1. The second-order valence-electron chi connectivity index (χ2n) is 4.04. The number of Topliss-reactive ketones (excluding diaryl/α,β-unsaturated/α-hetero) is 1. The molecule has 0 atom stereocenters. The van der Waals surface area contributed by atoms with Crippen LogP contribution in [0.3, 0.4) is 0 Å². The van der Waals surface area contributed by atoms with E-state index in [1.807, 2.05) is 38.1 Å². The van der Waals surface area contributed by atoms with Gasteiger partial charge in [0.15, 0.2) is 5.78 Å². The van der Waals surface area contributed by atoms with E-state index in [1.165, 1.54) is 11.1 Å². The number of allylic oxidation sites excluding steroid dienone is 1. The number of ketones is 1. The SMILES string of the molecule is CC=CCOc1ccc(C)c2c1C(=O)CC2. The van der Waals surface area contributed by atoms with Crippen molar-refractivity contribution in [2.24, 2.45) is 0 Å². The van der Waals surface area contributed by atoms with Gasteiger partial charge in [-0.2, -0.15) is 0 Å². The third kappa shape index (κ3) is 1.87. The predicted molar refractivity (Wildman–Crippen MR) is 64.1 cm³/mol. The molecule has 2 rings (SSSR count). The number of benzene rings is 1. The summed E-state index contributed by atoms with van der Waals surface area (Å²) >= 11 is 0. The average Bonchev–Trinajstić information content (AvgIpc) is 2.66. The first-order valence-electron chi connectivity index (χ1n) is 5.63. The fourth-order valence-electron chi connectivity index (χ4n) is 2.08. The van der Waals surface area contributed by atoms with Crippen LogP contribution < -0.4 is 4.74 Å². The van der Waals surface area contributed by atoms with Gasteiger partial charge in [-0.05, 0) is 37.5 Å². The molecule has 16 heavy (non-hydrogen) atoms. The quantitative estimate of drug-likeness (QED) is 0.726. The highest BCUT2D eigenvalue weighted by atomic mass is 16.5. The maximum Gasteiger partial charge on any atom is 0.167 e. The van der Waals surface area contributed by atoms with Crippen LogP contribution in [0.1, 0.15) is 34.8 Å². The number of hydrogen-bond donors (Lipinski definition) is 0. The van der Waals surface area contributed by atoms with Gasteiger partial charge in [-0.3, -0.25) is 4.79 Å². The zero-order valence-electron chi connectivity index (χ0n) is 9.75. The lowest BCUT2D eigenvalue weighted by atomic mass is 10.0. The van der Waals surface area contributed by atoms with Crippen LogP contribution >= 0.6 is 0 Å². The minimum atomic E-state index is 0.217. The van der Waals surface area contributed by atoms with Crippen molar-refractivity contribution in [1.82, 2.24) is 0 Å². The Bertz CT molecular complexity index is 444. The topological polar surface area (TPSA) is 26.3 Å². The molecule has 0 bridgehead atoms. The fraction of sp³-hybridized carbons (Fsp3) is 0.357. The molecular weight excluding hydrogens is 200 g/mol. The van der Waals surface area contributed by atoms with Crippen molar-refractivity contribution in [3.63, 3.8) is 0 Å². The second kappa shape index (κ2) is 4.52. The first kappa shape index (κ1) is 10.9. The van der Waals surface area contributed by atoms with Crippen molar-refractivity contribution < 1.29 is 9.53 Å². The van der Waals surface area contributed by atoms with Gasteiger partial charge < -0.3 is 4.74 Å². The van der Waals surface area contributed by atoms with Gasteiger partial charge in [-0.15, -0.1) is 0 Å². The van der Waals surface area contributed by atoms with E-state index in [1.54, 1.807) is 0 Å². The Kier molecular flexibility index (Phi) is 3.09. The van der Waals surface area contributed by atoms with Gasteiger partial charge in [-0.1, -0.05) is 18.2 Å². The summed E-state index contributed by atoms with van der Waals surface area (Å²) in [6.07, 6.45) is 5.36. The number of aryl methyl sites for hydroxylation is 1. The summed E-state index contributed by atoms with van der Waals surface area (Å²) in [5, 5.41) is 0. The number of carbonyl (C=O) groups is 1. The third-order valence-corrected chi connectivity index (χ3v) is 2.96. The van der Waals surface area contributed by atoms with Crippen LogP contribution in [0, 0.1) is 6.92 Å². The minimum absolute atomic E-state index is 0.217. The summed E-state index contributed by atoms with van der Waals surface area (Å²) in [5.41, 5.74) is 3.17. The molecule has 0 aliphatic heterocycles. The predicted octanol–water partition coefficient (Wildman–Crippen LogP) is 3.08. The molecule has 0 saturated carbocycles. The van der Waals surface area contributed by atoms with Gasteiger partial charge in [0.05, 0.1) is 5.56 Å². The van der Waals surface area contributed by atoms with Gasteiger partial charge in [0.2, 0.25) is 0 Å². The van der Waals surface area contributed by atoms with Crippen molar-refractivity contribution in [3.8, 4) is 5.75 Å². The van der Waals surface area contributed by atoms with Gasteiger partial charge >= 0.3 is 0 Å². The Labute approximate surface area is 95.9 Å². The smallest absolute Gasteiger partial charge is 0.167 e. The molecule has 0 spiro atoms. The maximum absolute atomic E-state index is 11.8. The summed E-state index contributed by atoms with van der Waals surface area (Å²) in [6, 6.07) is 3.93. The molecule has 0 saturated heterocycles. The van der Waals surface area contributed by atoms with Crippen LogP contribution in [0.4, 0.5) is 0 Å². The Hall–Kier alpha value is -1.57. The molecule has 0 unspecified atom stereocenters. The van der Waals surface area contributed by atoms with Crippen molar-refractivity contribution in [2.45, 2.75) is 26.7 Å². The molecule has 1 aliphatic carbocycles. The van der Waals surface area contributed by atoms with E-state index in [2.05, 4.69) is 0 Å². The number of ether oxygens (including phenoxy) is 1. The summed E-state index contributed by atoms with van der Waals surface area (Å²) in [6.45, 7) is 4.53. The van der Waals surface area contributed by atoms with Gasteiger partial charge in [0.1, 0.15) is 12.4 Å². The third-order valence-electron chi connectivity index (χ3n) is 2.96. The van der Waals surface area contributed by atoms with Crippen molar-refractivity contribution >= 4 is 5.78 Å². The van der Waals surface area contributed by atoms with E-state index >= 15 is 0 Å². The molecule has 1 aliphatic rings. The van der Waals surface area contributed by atoms with Crippen LogP contribution in [-0.4, -0.2) is 12.4 Å². The molecule has 0 fully saturated rings. The summed E-state index contributed by atoms with van der Waals surface area (Å²) in [7, 11) is 0. The normalized spacial score (nSPS) is 14.5. The average molecular weight is 216 g/mol. The largest absolute Gasteiger partial charge is 0.489 e. The van der Waals surface area contributed by atoms with Crippen LogP contribution in [0.5, 0.6) is 5.75 Å². The van der Waals surface area contributed by atoms with E-state index in [4.69, 9.17) is 4.74 Å². The van der Waals surface area contributed by atoms with E-state index in [0.29, 0.717) is 13.0 Å². The molecular formula is C14H16O2. The molecule has 0 radical (unpaired) electrons. The zero-order valence-corrected chi connectivity index (χ0v) is 9.75. The molecule has 84 valence electrons. The number of hydrogen-bond acceptors (Lipinski definition) is 2. The first-order valence-corrected chi connectivity index (χ1v) is 5.63.